The highest BCUT2D eigenvalue weighted by molar-refractivity contribution is 6.13. The van der Waals surface area contributed by atoms with Gasteiger partial charge >= 0.3 is 5.97 Å². The molecular weight excluding hydrogens is 332 g/mol. The lowest BCUT2D eigenvalue weighted by molar-refractivity contribution is -0.290. The summed E-state index contributed by atoms with van der Waals surface area (Å²) in [7, 11) is 0. The SMILES string of the molecule is C[C@]12CC[C@H]3C(=CCC4CCCC[C@@]43C)C1=CC(=O)[C@@H]2C(=O)C(O)(O)O. The van der Waals surface area contributed by atoms with Crippen LogP contribution in [0.5, 0.6) is 0 Å². The second-order valence-electron chi connectivity index (χ2n) is 9.25. The fraction of sp³-hybridized carbons (Fsp3) is 0.714. The molecular formula is C21H28O5. The minimum atomic E-state index is -3.47. The van der Waals surface area contributed by atoms with Crippen molar-refractivity contribution in [1.29, 1.82) is 0 Å². The van der Waals surface area contributed by atoms with Crippen molar-refractivity contribution in [2.24, 2.45) is 28.6 Å². The number of aliphatic hydroxyl groups is 3. The van der Waals surface area contributed by atoms with Crippen LogP contribution in [-0.2, 0) is 9.59 Å². The second-order valence-corrected chi connectivity index (χ2v) is 9.25. The van der Waals surface area contributed by atoms with Gasteiger partial charge in [-0.2, -0.15) is 0 Å². The molecule has 5 heteroatoms. The van der Waals surface area contributed by atoms with Gasteiger partial charge in [-0.25, -0.2) is 0 Å². The maximum atomic E-state index is 12.6. The van der Waals surface area contributed by atoms with Crippen molar-refractivity contribution < 1.29 is 24.9 Å². The molecule has 2 saturated carbocycles. The number of ketones is 2. The molecule has 4 rings (SSSR count). The van der Waals surface area contributed by atoms with Crippen molar-refractivity contribution in [3.8, 4) is 0 Å². The molecule has 26 heavy (non-hydrogen) atoms. The van der Waals surface area contributed by atoms with Crippen molar-refractivity contribution in [1.82, 2.24) is 0 Å². The van der Waals surface area contributed by atoms with Crippen molar-refractivity contribution in [3.63, 3.8) is 0 Å². The van der Waals surface area contributed by atoms with Crippen LogP contribution in [0.1, 0.15) is 58.8 Å². The van der Waals surface area contributed by atoms with Crippen LogP contribution in [-0.4, -0.2) is 32.9 Å². The molecule has 0 saturated heterocycles. The smallest absolute Gasteiger partial charge is 0.337 e. The van der Waals surface area contributed by atoms with E-state index in [-0.39, 0.29) is 5.41 Å². The predicted octanol–water partition coefficient (Wildman–Crippen LogP) is 2.25. The van der Waals surface area contributed by atoms with Gasteiger partial charge in [-0.3, -0.25) is 9.59 Å². The first kappa shape index (κ1) is 18.1. The number of hydrogen-bond acceptors (Lipinski definition) is 5. The van der Waals surface area contributed by atoms with E-state index in [1.54, 1.807) is 0 Å². The zero-order chi connectivity index (χ0) is 18.9. The summed E-state index contributed by atoms with van der Waals surface area (Å²) in [4.78, 5) is 25.0. The number of Topliss-reactive ketones (excluding diaryl/α,β-unsaturated/α-hetero) is 1. The van der Waals surface area contributed by atoms with Crippen LogP contribution in [0.2, 0.25) is 0 Å². The summed E-state index contributed by atoms with van der Waals surface area (Å²) >= 11 is 0. The van der Waals surface area contributed by atoms with Crippen LogP contribution >= 0.6 is 0 Å². The molecule has 2 fully saturated rings. The van der Waals surface area contributed by atoms with Crippen LogP contribution < -0.4 is 0 Å². The van der Waals surface area contributed by atoms with E-state index < -0.39 is 28.9 Å². The number of allylic oxidation sites excluding steroid dienone is 4. The van der Waals surface area contributed by atoms with Crippen molar-refractivity contribution >= 4 is 11.6 Å². The molecule has 4 aliphatic rings. The number of carbonyl (C=O) groups is 2. The van der Waals surface area contributed by atoms with E-state index in [0.29, 0.717) is 18.3 Å². The van der Waals surface area contributed by atoms with Crippen LogP contribution in [0, 0.1) is 28.6 Å². The lowest BCUT2D eigenvalue weighted by atomic mass is 9.49. The molecule has 142 valence electrons. The Morgan fingerprint density at radius 1 is 1.15 bits per heavy atom. The first-order valence-corrected chi connectivity index (χ1v) is 9.77. The van der Waals surface area contributed by atoms with E-state index in [2.05, 4.69) is 13.0 Å². The van der Waals surface area contributed by atoms with E-state index in [1.165, 1.54) is 37.3 Å². The molecule has 3 N–H and O–H groups in total. The molecule has 0 aromatic heterocycles. The van der Waals surface area contributed by atoms with Gasteiger partial charge in [0.1, 0.15) is 0 Å². The van der Waals surface area contributed by atoms with Crippen LogP contribution in [0.3, 0.4) is 0 Å². The summed E-state index contributed by atoms with van der Waals surface area (Å²) in [5.74, 6) is -5.25. The number of hydrogen-bond donors (Lipinski definition) is 3. The van der Waals surface area contributed by atoms with Gasteiger partial charge in [0, 0.05) is 5.41 Å². The first-order valence-electron chi connectivity index (χ1n) is 9.77. The Morgan fingerprint density at radius 2 is 1.88 bits per heavy atom. The van der Waals surface area contributed by atoms with Gasteiger partial charge in [0.25, 0.3) is 0 Å². The Bertz CT molecular complexity index is 727. The van der Waals surface area contributed by atoms with Crippen LogP contribution in [0.15, 0.2) is 23.3 Å². The average molecular weight is 360 g/mol. The number of fused-ring (bicyclic) bond motifs is 5. The van der Waals surface area contributed by atoms with E-state index >= 15 is 0 Å². The maximum absolute atomic E-state index is 12.6. The summed E-state index contributed by atoms with van der Waals surface area (Å²) in [6.45, 7) is 4.24. The third-order valence-corrected chi connectivity index (χ3v) is 7.92. The fourth-order valence-electron chi connectivity index (χ4n) is 6.43. The Labute approximate surface area is 153 Å². The third-order valence-electron chi connectivity index (χ3n) is 7.92. The Hall–Kier alpha value is -1.30. The standard InChI is InChI=1S/C21H28O5/c1-19-9-4-3-5-12(19)6-7-13-14(19)8-10-20(2)15(13)11-16(22)17(20)18(23)21(24,25)26/h7,11-12,14,17,24-26H,3-6,8-10H2,1-2H3/t12?,14-,17+,19-,20-/m0/s1. The molecule has 0 heterocycles. The minimum Gasteiger partial charge on any atom is -0.337 e. The quantitative estimate of drug-likeness (QED) is 0.519. The van der Waals surface area contributed by atoms with Gasteiger partial charge in [0.2, 0.25) is 5.78 Å². The molecule has 0 aromatic carbocycles. The van der Waals surface area contributed by atoms with E-state index in [4.69, 9.17) is 0 Å². The molecule has 1 unspecified atom stereocenters. The Balaban J connectivity index is 1.73. The maximum Gasteiger partial charge on any atom is 0.340 e. The normalized spacial score (nSPS) is 42.3. The summed E-state index contributed by atoms with van der Waals surface area (Å²) in [5, 5.41) is 28.1. The lowest BCUT2D eigenvalue weighted by Crippen LogP contribution is -2.51. The zero-order valence-electron chi connectivity index (χ0n) is 15.5. The van der Waals surface area contributed by atoms with Gasteiger partial charge in [-0.15, -0.1) is 0 Å². The van der Waals surface area contributed by atoms with Gasteiger partial charge in [0.15, 0.2) is 5.78 Å². The Morgan fingerprint density at radius 3 is 2.58 bits per heavy atom. The van der Waals surface area contributed by atoms with Crippen LogP contribution in [0.4, 0.5) is 0 Å². The minimum absolute atomic E-state index is 0.240. The summed E-state index contributed by atoms with van der Waals surface area (Å²) in [6, 6.07) is 0. The average Bonchev–Trinajstić information content (AvgIpc) is 2.83. The largest absolute Gasteiger partial charge is 0.340 e. The molecule has 5 atom stereocenters. The van der Waals surface area contributed by atoms with Crippen molar-refractivity contribution in [2.45, 2.75) is 64.8 Å². The monoisotopic (exact) mass is 360 g/mol. The van der Waals surface area contributed by atoms with Gasteiger partial charge in [-0.1, -0.05) is 32.8 Å². The zero-order valence-corrected chi connectivity index (χ0v) is 15.5. The highest BCUT2D eigenvalue weighted by Gasteiger charge is 2.60. The van der Waals surface area contributed by atoms with Crippen LogP contribution in [0.25, 0.3) is 0 Å². The second kappa shape index (κ2) is 5.60. The molecule has 0 radical (unpaired) electrons. The lowest BCUT2D eigenvalue weighted by Gasteiger charge is -2.55. The third kappa shape index (κ3) is 2.33. The van der Waals surface area contributed by atoms with E-state index in [1.807, 2.05) is 6.92 Å². The molecule has 0 spiro atoms. The van der Waals surface area contributed by atoms with Crippen molar-refractivity contribution in [3.05, 3.63) is 23.3 Å². The molecule has 5 nitrogen and oxygen atoms in total. The fourth-order valence-corrected chi connectivity index (χ4v) is 6.43. The van der Waals surface area contributed by atoms with Crippen molar-refractivity contribution in [2.75, 3.05) is 0 Å². The van der Waals surface area contributed by atoms with Gasteiger partial charge in [0.05, 0.1) is 5.92 Å². The molecule has 4 aliphatic carbocycles. The highest BCUT2D eigenvalue weighted by Crippen LogP contribution is 2.63. The van der Waals surface area contributed by atoms with E-state index in [0.717, 1.165) is 18.4 Å². The molecule has 0 amide bonds. The number of rotatable bonds is 2. The number of carbonyl (C=O) groups excluding carboxylic acids is 2. The Kier molecular flexibility index (Phi) is 3.89. The van der Waals surface area contributed by atoms with Gasteiger partial charge in [-0.05, 0) is 66.6 Å². The van der Waals surface area contributed by atoms with Gasteiger partial charge < -0.3 is 15.3 Å². The summed E-state index contributed by atoms with van der Waals surface area (Å²) in [6.07, 6.45) is 11.3. The first-order chi connectivity index (χ1) is 12.1. The molecule has 0 aromatic rings. The summed E-state index contributed by atoms with van der Waals surface area (Å²) < 4.78 is 0. The van der Waals surface area contributed by atoms with E-state index in [9.17, 15) is 24.9 Å². The molecule has 0 bridgehead atoms. The highest BCUT2D eigenvalue weighted by atomic mass is 16.7. The topological polar surface area (TPSA) is 94.8 Å². The molecule has 0 aliphatic heterocycles. The predicted molar refractivity (Wildman–Crippen MR) is 94.6 cm³/mol. The summed E-state index contributed by atoms with van der Waals surface area (Å²) in [5.41, 5.74) is 1.53.